The zero-order valence-electron chi connectivity index (χ0n) is 8.97. The minimum atomic E-state index is -1.04. The van der Waals surface area contributed by atoms with Crippen molar-refractivity contribution in [2.45, 2.75) is 19.4 Å². The van der Waals surface area contributed by atoms with Gasteiger partial charge < -0.3 is 5.11 Å². The third-order valence-electron chi connectivity index (χ3n) is 2.34. The fourth-order valence-electron chi connectivity index (χ4n) is 1.65. The molecule has 0 saturated carbocycles. The number of hydrogen-bond acceptors (Lipinski definition) is 4. The predicted molar refractivity (Wildman–Crippen MR) is 55.6 cm³/mol. The summed E-state index contributed by atoms with van der Waals surface area (Å²) in [5.74, 6) is -1.71. The third kappa shape index (κ3) is 3.16. The van der Waals surface area contributed by atoms with Gasteiger partial charge in [-0.15, -0.1) is 0 Å². The monoisotopic (exact) mass is 226 g/mol. The molecule has 2 N–H and O–H groups in total. The van der Waals surface area contributed by atoms with E-state index in [1.54, 1.807) is 4.90 Å². The number of carboxylic acids is 1. The molecular formula is C10H14N2O4. The van der Waals surface area contributed by atoms with E-state index in [2.05, 4.69) is 5.32 Å². The molecule has 1 saturated heterocycles. The van der Waals surface area contributed by atoms with Crippen LogP contribution in [0.3, 0.4) is 0 Å². The lowest BCUT2D eigenvalue weighted by molar-refractivity contribution is -0.139. The van der Waals surface area contributed by atoms with Crippen LogP contribution in [0.2, 0.25) is 0 Å². The molecule has 0 radical (unpaired) electrons. The molecule has 0 aliphatic carbocycles. The van der Waals surface area contributed by atoms with E-state index in [0.29, 0.717) is 6.42 Å². The summed E-state index contributed by atoms with van der Waals surface area (Å²) < 4.78 is 0. The second kappa shape index (κ2) is 5.41. The summed E-state index contributed by atoms with van der Waals surface area (Å²) in [7, 11) is 0. The maximum absolute atomic E-state index is 11.4. The summed E-state index contributed by atoms with van der Waals surface area (Å²) in [5, 5.41) is 10.7. The van der Waals surface area contributed by atoms with Gasteiger partial charge in [-0.1, -0.05) is 13.0 Å². The first kappa shape index (κ1) is 12.4. The van der Waals surface area contributed by atoms with Gasteiger partial charge in [0.05, 0.1) is 12.6 Å². The number of aliphatic carboxylic acids is 1. The number of carbonyl (C=O) groups excluding carboxylic acids is 2. The van der Waals surface area contributed by atoms with E-state index in [9.17, 15) is 14.4 Å². The van der Waals surface area contributed by atoms with Gasteiger partial charge >= 0.3 is 5.97 Å². The molecule has 1 unspecified atom stereocenters. The van der Waals surface area contributed by atoms with Gasteiger partial charge in [0.1, 0.15) is 0 Å². The summed E-state index contributed by atoms with van der Waals surface area (Å²) in [4.78, 5) is 34.5. The smallest absolute Gasteiger partial charge is 0.328 e. The summed E-state index contributed by atoms with van der Waals surface area (Å²) in [5.41, 5.74) is 0. The van der Waals surface area contributed by atoms with E-state index in [1.807, 2.05) is 6.92 Å². The van der Waals surface area contributed by atoms with Crippen molar-refractivity contribution in [1.29, 1.82) is 0 Å². The molecule has 1 atom stereocenters. The highest BCUT2D eigenvalue weighted by molar-refractivity contribution is 6.01. The number of nitrogens with one attached hydrogen (secondary N) is 1. The van der Waals surface area contributed by atoms with Gasteiger partial charge in [-0.2, -0.15) is 0 Å². The molecule has 0 aromatic rings. The van der Waals surface area contributed by atoms with Crippen molar-refractivity contribution in [1.82, 2.24) is 10.2 Å². The molecular weight excluding hydrogens is 212 g/mol. The number of carbonyl (C=O) groups is 3. The van der Waals surface area contributed by atoms with Crippen molar-refractivity contribution in [3.05, 3.63) is 12.2 Å². The molecule has 16 heavy (non-hydrogen) atoms. The zero-order valence-corrected chi connectivity index (χ0v) is 8.97. The van der Waals surface area contributed by atoms with Gasteiger partial charge in [0, 0.05) is 12.6 Å². The Morgan fingerprint density at radius 3 is 2.88 bits per heavy atom. The van der Waals surface area contributed by atoms with Crippen LogP contribution < -0.4 is 5.32 Å². The van der Waals surface area contributed by atoms with Crippen LogP contribution >= 0.6 is 0 Å². The summed E-state index contributed by atoms with van der Waals surface area (Å²) in [6.07, 6.45) is 3.01. The molecule has 88 valence electrons. The molecule has 1 heterocycles. The van der Waals surface area contributed by atoms with E-state index < -0.39 is 5.97 Å². The van der Waals surface area contributed by atoms with Crippen molar-refractivity contribution >= 4 is 17.8 Å². The van der Waals surface area contributed by atoms with Crippen LogP contribution in [0.25, 0.3) is 0 Å². The first-order valence-electron chi connectivity index (χ1n) is 5.01. The molecule has 1 aliphatic rings. The number of amides is 2. The molecule has 1 fully saturated rings. The van der Waals surface area contributed by atoms with Crippen LogP contribution in [-0.2, 0) is 14.4 Å². The lowest BCUT2D eigenvalue weighted by Crippen LogP contribution is -2.57. The topological polar surface area (TPSA) is 86.7 Å². The Bertz CT molecular complexity index is 338. The fourth-order valence-corrected chi connectivity index (χ4v) is 1.65. The van der Waals surface area contributed by atoms with Crippen molar-refractivity contribution in [2.75, 3.05) is 13.1 Å². The number of carboxylic acid groups (broad SMARTS) is 1. The normalized spacial score (nSPS) is 22.4. The molecule has 6 nitrogen and oxygen atoms in total. The van der Waals surface area contributed by atoms with Crippen LogP contribution in [0.1, 0.15) is 13.3 Å². The minimum Gasteiger partial charge on any atom is -0.478 e. The number of imide groups is 1. The molecule has 0 aromatic carbocycles. The van der Waals surface area contributed by atoms with Gasteiger partial charge in [-0.05, 0) is 6.42 Å². The van der Waals surface area contributed by atoms with E-state index in [0.717, 1.165) is 6.08 Å². The lowest BCUT2D eigenvalue weighted by Gasteiger charge is -2.32. The molecule has 6 heteroatoms. The molecule has 0 aromatic heterocycles. The first-order chi connectivity index (χ1) is 7.54. The average Bonchev–Trinajstić information content (AvgIpc) is 2.16. The number of rotatable bonds is 4. The van der Waals surface area contributed by atoms with Crippen molar-refractivity contribution in [2.24, 2.45) is 0 Å². The quantitative estimate of drug-likeness (QED) is 0.492. The average molecular weight is 226 g/mol. The summed E-state index contributed by atoms with van der Waals surface area (Å²) in [6, 6.07) is -0.365. The Kier molecular flexibility index (Phi) is 4.19. The Balaban J connectivity index is 2.64. The summed E-state index contributed by atoms with van der Waals surface area (Å²) in [6.45, 7) is 2.24. The number of piperazine rings is 1. The highest BCUT2D eigenvalue weighted by atomic mass is 16.4. The van der Waals surface area contributed by atoms with Gasteiger partial charge in [-0.3, -0.25) is 19.8 Å². The predicted octanol–water partition coefficient (Wildman–Crippen LogP) is -0.636. The second-order valence-electron chi connectivity index (χ2n) is 3.51. The minimum absolute atomic E-state index is 0.119. The molecule has 0 spiro atoms. The van der Waals surface area contributed by atoms with E-state index >= 15 is 0 Å². The number of nitrogens with zero attached hydrogens (tertiary/aromatic N) is 1. The van der Waals surface area contributed by atoms with Gasteiger partial charge in [0.25, 0.3) is 0 Å². The van der Waals surface area contributed by atoms with E-state index in [-0.39, 0.29) is 30.9 Å². The van der Waals surface area contributed by atoms with Crippen molar-refractivity contribution in [3.8, 4) is 0 Å². The maximum atomic E-state index is 11.4. The van der Waals surface area contributed by atoms with Crippen molar-refractivity contribution in [3.63, 3.8) is 0 Å². The van der Waals surface area contributed by atoms with Crippen LogP contribution in [0, 0.1) is 0 Å². The van der Waals surface area contributed by atoms with Crippen LogP contribution in [-0.4, -0.2) is 46.9 Å². The Hall–Kier alpha value is -1.69. The maximum Gasteiger partial charge on any atom is 0.328 e. The van der Waals surface area contributed by atoms with Gasteiger partial charge in [0.15, 0.2) is 0 Å². The van der Waals surface area contributed by atoms with Crippen molar-refractivity contribution < 1.29 is 19.5 Å². The number of hydrogen-bond donors (Lipinski definition) is 2. The van der Waals surface area contributed by atoms with Crippen LogP contribution in [0.5, 0.6) is 0 Å². The largest absolute Gasteiger partial charge is 0.478 e. The summed E-state index contributed by atoms with van der Waals surface area (Å²) >= 11 is 0. The standard InChI is InChI=1S/C10H14N2O4/c1-2-7-10(16)11-8(13)6-12(7)5-3-4-9(14)15/h3-4,7H,2,5-6H2,1H3,(H,14,15)(H,11,13,16). The Morgan fingerprint density at radius 1 is 1.62 bits per heavy atom. The van der Waals surface area contributed by atoms with Crippen LogP contribution in [0.15, 0.2) is 12.2 Å². The first-order valence-corrected chi connectivity index (χ1v) is 5.01. The SMILES string of the molecule is CCC1C(=O)NC(=O)CN1CC=CC(=O)O. The van der Waals surface area contributed by atoms with Gasteiger partial charge in [-0.25, -0.2) is 4.79 Å². The molecule has 1 aliphatic heterocycles. The fraction of sp³-hybridized carbons (Fsp3) is 0.500. The van der Waals surface area contributed by atoms with E-state index in [4.69, 9.17) is 5.11 Å². The highest BCUT2D eigenvalue weighted by Gasteiger charge is 2.31. The second-order valence-corrected chi connectivity index (χ2v) is 3.51. The lowest BCUT2D eigenvalue weighted by atomic mass is 10.1. The van der Waals surface area contributed by atoms with Crippen LogP contribution in [0.4, 0.5) is 0 Å². The molecule has 1 rings (SSSR count). The van der Waals surface area contributed by atoms with E-state index in [1.165, 1.54) is 6.08 Å². The highest BCUT2D eigenvalue weighted by Crippen LogP contribution is 2.08. The third-order valence-corrected chi connectivity index (χ3v) is 2.34. The molecule has 0 bridgehead atoms. The zero-order chi connectivity index (χ0) is 12.1. The molecule has 2 amide bonds. The Morgan fingerprint density at radius 2 is 2.31 bits per heavy atom. The Labute approximate surface area is 92.9 Å². The van der Waals surface area contributed by atoms with Gasteiger partial charge in [0.2, 0.25) is 11.8 Å².